The molecular formula is C9H12FN3O4S. The first kappa shape index (κ1) is 14.5. The predicted molar refractivity (Wildman–Crippen MR) is 61.9 cm³/mol. The zero-order valence-electron chi connectivity index (χ0n) is 9.46. The van der Waals surface area contributed by atoms with E-state index in [1.807, 2.05) is 0 Å². The van der Waals surface area contributed by atoms with Crippen LogP contribution in [0.3, 0.4) is 0 Å². The SMILES string of the molecule is CC(N)CNS(=O)(=O)c1cc([N+](=O)[O-])ccc1F. The van der Waals surface area contributed by atoms with Crippen molar-refractivity contribution >= 4 is 15.7 Å². The van der Waals surface area contributed by atoms with Gasteiger partial charge in [0.05, 0.1) is 4.92 Å². The molecule has 0 aliphatic rings. The average molecular weight is 277 g/mol. The van der Waals surface area contributed by atoms with Crippen LogP contribution in [-0.2, 0) is 10.0 Å². The first-order valence-electron chi connectivity index (χ1n) is 4.93. The van der Waals surface area contributed by atoms with Gasteiger partial charge >= 0.3 is 0 Å². The van der Waals surface area contributed by atoms with Crippen molar-refractivity contribution < 1.29 is 17.7 Å². The first-order chi connectivity index (χ1) is 8.24. The maximum atomic E-state index is 13.4. The molecule has 100 valence electrons. The van der Waals surface area contributed by atoms with Crippen molar-refractivity contribution in [1.82, 2.24) is 4.72 Å². The van der Waals surface area contributed by atoms with Crippen LogP contribution in [-0.4, -0.2) is 25.9 Å². The second-order valence-corrected chi connectivity index (χ2v) is 5.44. The number of sulfonamides is 1. The average Bonchev–Trinajstić information content (AvgIpc) is 2.26. The molecule has 3 N–H and O–H groups in total. The van der Waals surface area contributed by atoms with Gasteiger partial charge in [-0.15, -0.1) is 0 Å². The van der Waals surface area contributed by atoms with Crippen molar-refractivity contribution in [2.24, 2.45) is 5.73 Å². The summed E-state index contributed by atoms with van der Waals surface area (Å²) in [6.45, 7) is 1.47. The van der Waals surface area contributed by atoms with Gasteiger partial charge in [0.25, 0.3) is 5.69 Å². The second-order valence-electron chi connectivity index (χ2n) is 3.70. The quantitative estimate of drug-likeness (QED) is 0.595. The third-order valence-corrected chi connectivity index (χ3v) is 3.45. The van der Waals surface area contributed by atoms with Crippen LogP contribution in [0.5, 0.6) is 0 Å². The van der Waals surface area contributed by atoms with E-state index in [9.17, 15) is 22.9 Å². The van der Waals surface area contributed by atoms with Crippen LogP contribution >= 0.6 is 0 Å². The standard InChI is InChI=1S/C9H12FN3O4S/c1-6(11)5-12-18(16,17)9-4-7(13(14)15)2-3-8(9)10/h2-4,6,12H,5,11H2,1H3. The number of benzene rings is 1. The number of non-ortho nitro benzene ring substituents is 1. The minimum absolute atomic E-state index is 0.0928. The van der Waals surface area contributed by atoms with Crippen LogP contribution in [0.4, 0.5) is 10.1 Å². The lowest BCUT2D eigenvalue weighted by atomic mass is 10.3. The summed E-state index contributed by atoms with van der Waals surface area (Å²) in [5, 5.41) is 10.5. The Morgan fingerprint density at radius 1 is 1.56 bits per heavy atom. The van der Waals surface area contributed by atoms with Gasteiger partial charge in [-0.05, 0) is 13.0 Å². The van der Waals surface area contributed by atoms with E-state index in [-0.39, 0.29) is 6.54 Å². The summed E-state index contributed by atoms with van der Waals surface area (Å²) in [6, 6.07) is 1.83. The Hall–Kier alpha value is -1.58. The summed E-state index contributed by atoms with van der Waals surface area (Å²) in [4.78, 5) is 8.94. The molecule has 1 aromatic carbocycles. The number of rotatable bonds is 5. The van der Waals surface area contributed by atoms with Gasteiger partial charge in [0.15, 0.2) is 0 Å². The number of hydrogen-bond donors (Lipinski definition) is 2. The number of nitro benzene ring substituents is 1. The molecule has 1 rings (SSSR count). The van der Waals surface area contributed by atoms with Crippen LogP contribution in [0.2, 0.25) is 0 Å². The number of nitrogens with two attached hydrogens (primary N) is 1. The number of halogens is 1. The van der Waals surface area contributed by atoms with Crippen molar-refractivity contribution in [3.63, 3.8) is 0 Å². The largest absolute Gasteiger partial charge is 0.327 e. The molecule has 1 aromatic rings. The van der Waals surface area contributed by atoms with Gasteiger partial charge in [0.2, 0.25) is 10.0 Å². The van der Waals surface area contributed by atoms with E-state index in [1.165, 1.54) is 0 Å². The molecule has 0 spiro atoms. The van der Waals surface area contributed by atoms with Crippen molar-refractivity contribution in [3.8, 4) is 0 Å². The number of hydrogen-bond acceptors (Lipinski definition) is 5. The Labute approximate surface area is 103 Å². The highest BCUT2D eigenvalue weighted by molar-refractivity contribution is 7.89. The molecule has 0 aliphatic heterocycles. The van der Waals surface area contributed by atoms with Crippen LogP contribution < -0.4 is 10.5 Å². The topological polar surface area (TPSA) is 115 Å². The highest BCUT2D eigenvalue weighted by Gasteiger charge is 2.22. The minimum atomic E-state index is -4.15. The van der Waals surface area contributed by atoms with Gasteiger partial charge in [0, 0.05) is 24.7 Å². The number of nitro groups is 1. The molecule has 18 heavy (non-hydrogen) atoms. The fourth-order valence-electron chi connectivity index (χ4n) is 1.13. The van der Waals surface area contributed by atoms with Gasteiger partial charge in [0.1, 0.15) is 10.7 Å². The third-order valence-electron chi connectivity index (χ3n) is 2.01. The predicted octanol–water partition coefficient (Wildman–Crippen LogP) is 0.359. The van der Waals surface area contributed by atoms with Crippen molar-refractivity contribution in [1.29, 1.82) is 0 Å². The summed E-state index contributed by atoms with van der Waals surface area (Å²) in [5.74, 6) is -1.06. The Bertz CT molecular complexity index is 559. The smallest absolute Gasteiger partial charge is 0.270 e. The molecule has 1 atom stereocenters. The summed E-state index contributed by atoms with van der Waals surface area (Å²) in [5.41, 5.74) is 4.86. The molecule has 0 bridgehead atoms. The molecule has 0 radical (unpaired) electrons. The first-order valence-corrected chi connectivity index (χ1v) is 6.41. The highest BCUT2D eigenvalue weighted by atomic mass is 32.2. The van der Waals surface area contributed by atoms with E-state index in [2.05, 4.69) is 4.72 Å². The van der Waals surface area contributed by atoms with E-state index in [0.29, 0.717) is 6.07 Å². The number of nitrogens with zero attached hydrogens (tertiary/aromatic N) is 1. The molecular weight excluding hydrogens is 265 g/mol. The Morgan fingerprint density at radius 3 is 2.67 bits per heavy atom. The lowest BCUT2D eigenvalue weighted by molar-refractivity contribution is -0.385. The molecule has 7 nitrogen and oxygen atoms in total. The van der Waals surface area contributed by atoms with Crippen LogP contribution in [0, 0.1) is 15.9 Å². The fraction of sp³-hybridized carbons (Fsp3) is 0.333. The van der Waals surface area contributed by atoms with Gasteiger partial charge in [-0.25, -0.2) is 17.5 Å². The normalized spacial score (nSPS) is 13.3. The zero-order chi connectivity index (χ0) is 13.9. The van der Waals surface area contributed by atoms with E-state index < -0.39 is 37.4 Å². The maximum Gasteiger partial charge on any atom is 0.270 e. The van der Waals surface area contributed by atoms with Gasteiger partial charge in [-0.2, -0.15) is 0 Å². The fourth-order valence-corrected chi connectivity index (χ4v) is 2.37. The van der Waals surface area contributed by atoms with E-state index >= 15 is 0 Å². The van der Waals surface area contributed by atoms with Crippen molar-refractivity contribution in [2.45, 2.75) is 17.9 Å². The van der Waals surface area contributed by atoms with Crippen molar-refractivity contribution in [2.75, 3.05) is 6.54 Å². The Kier molecular flexibility index (Phi) is 4.33. The van der Waals surface area contributed by atoms with E-state index in [1.54, 1.807) is 6.92 Å². The van der Waals surface area contributed by atoms with Gasteiger partial charge in [-0.1, -0.05) is 0 Å². The zero-order valence-corrected chi connectivity index (χ0v) is 10.3. The van der Waals surface area contributed by atoms with Crippen molar-refractivity contribution in [3.05, 3.63) is 34.1 Å². The van der Waals surface area contributed by atoms with E-state index in [0.717, 1.165) is 12.1 Å². The summed E-state index contributed by atoms with van der Waals surface area (Å²) in [7, 11) is -4.15. The minimum Gasteiger partial charge on any atom is -0.327 e. The lowest BCUT2D eigenvalue weighted by Gasteiger charge is -2.09. The van der Waals surface area contributed by atoms with Crippen LogP contribution in [0.1, 0.15) is 6.92 Å². The molecule has 0 aliphatic carbocycles. The third kappa shape index (κ3) is 3.45. The monoisotopic (exact) mass is 277 g/mol. The van der Waals surface area contributed by atoms with E-state index in [4.69, 9.17) is 5.73 Å². The second kappa shape index (κ2) is 5.38. The molecule has 0 saturated carbocycles. The maximum absolute atomic E-state index is 13.4. The Balaban J connectivity index is 3.15. The highest BCUT2D eigenvalue weighted by Crippen LogP contribution is 2.20. The van der Waals surface area contributed by atoms with Crippen LogP contribution in [0.25, 0.3) is 0 Å². The summed E-state index contributed by atoms with van der Waals surface area (Å²) >= 11 is 0. The molecule has 0 aromatic heterocycles. The summed E-state index contributed by atoms with van der Waals surface area (Å²) in [6.07, 6.45) is 0. The summed E-state index contributed by atoms with van der Waals surface area (Å²) < 4.78 is 38.9. The van der Waals surface area contributed by atoms with Crippen LogP contribution in [0.15, 0.2) is 23.1 Å². The molecule has 0 fully saturated rings. The Morgan fingerprint density at radius 2 is 2.17 bits per heavy atom. The molecule has 0 saturated heterocycles. The van der Waals surface area contributed by atoms with Gasteiger partial charge in [-0.3, -0.25) is 10.1 Å². The molecule has 0 amide bonds. The van der Waals surface area contributed by atoms with Gasteiger partial charge < -0.3 is 5.73 Å². The molecule has 1 unspecified atom stereocenters. The molecule has 9 heteroatoms. The molecule has 0 heterocycles. The number of nitrogens with one attached hydrogen (secondary N) is 1. The lowest BCUT2D eigenvalue weighted by Crippen LogP contribution is -2.35.